The van der Waals surface area contributed by atoms with Crippen molar-refractivity contribution in [2.24, 2.45) is 0 Å². The van der Waals surface area contributed by atoms with Crippen molar-refractivity contribution in [1.29, 1.82) is 0 Å². The molecular weight excluding hydrogens is 298 g/mol. The van der Waals surface area contributed by atoms with E-state index in [0.717, 1.165) is 18.1 Å². The molecule has 0 saturated heterocycles. The molecule has 7 heteroatoms. The van der Waals surface area contributed by atoms with Crippen molar-refractivity contribution in [3.8, 4) is 11.3 Å². The summed E-state index contributed by atoms with van der Waals surface area (Å²) in [4.78, 5) is 26.7. The van der Waals surface area contributed by atoms with Gasteiger partial charge in [0.15, 0.2) is 0 Å². The van der Waals surface area contributed by atoms with E-state index >= 15 is 0 Å². The first-order valence-corrected chi connectivity index (χ1v) is 7.89. The summed E-state index contributed by atoms with van der Waals surface area (Å²) in [5.41, 5.74) is 2.67. The fourth-order valence-corrected chi connectivity index (χ4v) is 3.30. The van der Waals surface area contributed by atoms with Crippen molar-refractivity contribution < 1.29 is 4.79 Å². The van der Waals surface area contributed by atoms with Gasteiger partial charge in [-0.3, -0.25) is 9.78 Å². The van der Waals surface area contributed by atoms with E-state index in [-0.39, 0.29) is 5.91 Å². The minimum Gasteiger partial charge on any atom is -0.328 e. The predicted octanol–water partition coefficient (Wildman–Crippen LogP) is 2.06. The fourth-order valence-electron chi connectivity index (χ4n) is 2.65. The number of rotatable bonds is 2. The van der Waals surface area contributed by atoms with Crippen LogP contribution in [0.4, 0.5) is 0 Å². The Hall–Kier alpha value is -2.54. The van der Waals surface area contributed by atoms with Gasteiger partial charge in [-0.05, 0) is 11.4 Å². The van der Waals surface area contributed by atoms with Gasteiger partial charge in [0.1, 0.15) is 11.5 Å². The molecule has 0 spiro atoms. The minimum absolute atomic E-state index is 0.0977. The molecular formula is C15H13N5OS. The van der Waals surface area contributed by atoms with Crippen LogP contribution in [0.1, 0.15) is 16.3 Å². The van der Waals surface area contributed by atoms with Crippen LogP contribution < -0.4 is 0 Å². The molecule has 4 rings (SSSR count). The molecule has 0 atom stereocenters. The van der Waals surface area contributed by atoms with Crippen LogP contribution in [-0.4, -0.2) is 36.9 Å². The summed E-state index contributed by atoms with van der Waals surface area (Å²) < 4.78 is 2.18. The maximum atomic E-state index is 12.4. The summed E-state index contributed by atoms with van der Waals surface area (Å²) in [5, 5.41) is 4.17. The first-order valence-electron chi connectivity index (χ1n) is 6.95. The summed E-state index contributed by atoms with van der Waals surface area (Å²) in [6.07, 6.45) is 6.48. The van der Waals surface area contributed by atoms with Crippen LogP contribution in [0, 0.1) is 0 Å². The third-order valence-corrected chi connectivity index (χ3v) is 4.43. The van der Waals surface area contributed by atoms with Crippen LogP contribution in [0.15, 0.2) is 41.6 Å². The van der Waals surface area contributed by atoms with Crippen molar-refractivity contribution in [3.05, 3.63) is 53.1 Å². The molecule has 110 valence electrons. The predicted molar refractivity (Wildman–Crippen MR) is 82.3 cm³/mol. The second-order valence-electron chi connectivity index (χ2n) is 5.04. The van der Waals surface area contributed by atoms with Gasteiger partial charge < -0.3 is 9.47 Å². The van der Waals surface area contributed by atoms with Crippen LogP contribution in [0.2, 0.25) is 0 Å². The Labute approximate surface area is 131 Å². The molecule has 0 saturated carbocycles. The molecule has 6 nitrogen and oxygen atoms in total. The molecule has 0 fully saturated rings. The molecule has 22 heavy (non-hydrogen) atoms. The first-order chi connectivity index (χ1) is 10.8. The maximum Gasteiger partial charge on any atom is 0.274 e. The number of thiophene rings is 1. The number of amides is 1. The summed E-state index contributed by atoms with van der Waals surface area (Å²) in [7, 11) is 0. The van der Waals surface area contributed by atoms with Crippen LogP contribution >= 0.6 is 11.3 Å². The van der Waals surface area contributed by atoms with E-state index in [1.165, 1.54) is 18.0 Å². The molecule has 4 heterocycles. The van der Waals surface area contributed by atoms with Gasteiger partial charge in [0.05, 0.1) is 24.6 Å². The number of carbonyl (C=O) groups is 1. The van der Waals surface area contributed by atoms with Crippen molar-refractivity contribution in [2.75, 3.05) is 6.54 Å². The summed E-state index contributed by atoms with van der Waals surface area (Å²) in [6.45, 7) is 1.89. The molecule has 1 aliphatic rings. The first kappa shape index (κ1) is 13.1. The van der Waals surface area contributed by atoms with Crippen molar-refractivity contribution >= 4 is 17.2 Å². The molecule has 0 radical (unpaired) electrons. The highest BCUT2D eigenvalue weighted by molar-refractivity contribution is 7.08. The lowest BCUT2D eigenvalue weighted by molar-refractivity contribution is 0.0701. The van der Waals surface area contributed by atoms with Gasteiger partial charge in [-0.15, -0.1) is 0 Å². The molecule has 0 bridgehead atoms. The zero-order valence-corrected chi connectivity index (χ0v) is 12.5. The quantitative estimate of drug-likeness (QED) is 0.726. The van der Waals surface area contributed by atoms with E-state index in [4.69, 9.17) is 0 Å². The average molecular weight is 311 g/mol. The van der Waals surface area contributed by atoms with Gasteiger partial charge in [-0.1, -0.05) is 0 Å². The Morgan fingerprint density at radius 2 is 2.14 bits per heavy atom. The van der Waals surface area contributed by atoms with Gasteiger partial charge in [0, 0.05) is 36.4 Å². The second kappa shape index (κ2) is 5.34. The summed E-state index contributed by atoms with van der Waals surface area (Å²) >= 11 is 1.67. The number of imidazole rings is 1. The molecule has 3 aromatic rings. The lowest BCUT2D eigenvalue weighted by Crippen LogP contribution is -2.39. The van der Waals surface area contributed by atoms with Gasteiger partial charge in [0.25, 0.3) is 5.91 Å². The van der Waals surface area contributed by atoms with Crippen molar-refractivity contribution in [3.63, 3.8) is 0 Å². The van der Waals surface area contributed by atoms with Crippen LogP contribution in [-0.2, 0) is 13.1 Å². The highest BCUT2D eigenvalue weighted by Crippen LogP contribution is 2.26. The van der Waals surface area contributed by atoms with Crippen LogP contribution in [0.5, 0.6) is 0 Å². The second-order valence-corrected chi connectivity index (χ2v) is 5.82. The average Bonchev–Trinajstić information content (AvgIpc) is 3.23. The van der Waals surface area contributed by atoms with Crippen LogP contribution in [0.3, 0.4) is 0 Å². The standard InChI is InChI=1S/C15H13N5OS/c21-15(12-7-16-2-3-17-12)19-4-5-20-13(8-18-14(20)9-19)11-1-6-22-10-11/h1-3,6-8,10H,4-5,9H2. The highest BCUT2D eigenvalue weighted by atomic mass is 32.1. The molecule has 3 aromatic heterocycles. The molecule has 1 amide bonds. The highest BCUT2D eigenvalue weighted by Gasteiger charge is 2.25. The number of fused-ring (bicyclic) bond motifs is 1. The van der Waals surface area contributed by atoms with Crippen molar-refractivity contribution in [1.82, 2.24) is 24.4 Å². The van der Waals surface area contributed by atoms with Gasteiger partial charge in [-0.25, -0.2) is 9.97 Å². The Balaban J connectivity index is 1.59. The lowest BCUT2D eigenvalue weighted by atomic mass is 10.2. The zero-order chi connectivity index (χ0) is 14.9. The van der Waals surface area contributed by atoms with Gasteiger partial charge in [0.2, 0.25) is 0 Å². The maximum absolute atomic E-state index is 12.4. The van der Waals surface area contributed by atoms with E-state index in [9.17, 15) is 4.79 Å². The Kier molecular flexibility index (Phi) is 3.19. The SMILES string of the molecule is O=C(c1cnccn1)N1CCn2c(-c3ccsc3)cnc2C1. The molecule has 0 aliphatic carbocycles. The topological polar surface area (TPSA) is 63.9 Å². The summed E-state index contributed by atoms with van der Waals surface area (Å²) in [6, 6.07) is 2.09. The van der Waals surface area contributed by atoms with E-state index in [2.05, 4.69) is 36.3 Å². The molecule has 0 unspecified atom stereocenters. The Morgan fingerprint density at radius 1 is 1.18 bits per heavy atom. The van der Waals surface area contributed by atoms with E-state index in [1.54, 1.807) is 22.4 Å². The zero-order valence-electron chi connectivity index (χ0n) is 11.7. The van der Waals surface area contributed by atoms with Crippen LogP contribution in [0.25, 0.3) is 11.3 Å². The third-order valence-electron chi connectivity index (χ3n) is 3.75. The van der Waals surface area contributed by atoms with E-state index < -0.39 is 0 Å². The largest absolute Gasteiger partial charge is 0.328 e. The van der Waals surface area contributed by atoms with Gasteiger partial charge in [-0.2, -0.15) is 11.3 Å². The molecule has 0 N–H and O–H groups in total. The third kappa shape index (κ3) is 2.19. The number of aromatic nitrogens is 4. The number of carbonyl (C=O) groups excluding carboxylic acids is 1. The van der Waals surface area contributed by atoms with E-state index in [1.807, 2.05) is 6.20 Å². The molecule has 1 aliphatic heterocycles. The minimum atomic E-state index is -0.0977. The summed E-state index contributed by atoms with van der Waals surface area (Å²) in [5.74, 6) is 0.809. The Morgan fingerprint density at radius 3 is 2.91 bits per heavy atom. The Bertz CT molecular complexity index is 797. The smallest absolute Gasteiger partial charge is 0.274 e. The van der Waals surface area contributed by atoms with Gasteiger partial charge >= 0.3 is 0 Å². The molecule has 0 aromatic carbocycles. The monoisotopic (exact) mass is 311 g/mol. The van der Waals surface area contributed by atoms with Crippen molar-refractivity contribution in [2.45, 2.75) is 13.1 Å². The number of nitrogens with zero attached hydrogens (tertiary/aromatic N) is 5. The number of hydrogen-bond donors (Lipinski definition) is 0. The van der Waals surface area contributed by atoms with E-state index in [0.29, 0.717) is 18.8 Å². The fraction of sp³-hybridized carbons (Fsp3) is 0.200. The number of hydrogen-bond acceptors (Lipinski definition) is 5. The lowest BCUT2D eigenvalue weighted by Gasteiger charge is -2.28. The normalized spacial score (nSPS) is 13.9.